The summed E-state index contributed by atoms with van der Waals surface area (Å²) in [5, 5.41) is 0. The first kappa shape index (κ1) is 14.0. The summed E-state index contributed by atoms with van der Waals surface area (Å²) in [6, 6.07) is 3.58. The summed E-state index contributed by atoms with van der Waals surface area (Å²) in [5.74, 6) is -2.00. The molecule has 1 aromatic carbocycles. The predicted octanol–water partition coefficient (Wildman–Crippen LogP) is 3.69. The van der Waals surface area contributed by atoms with Crippen LogP contribution in [0.3, 0.4) is 0 Å². The molecule has 4 heteroatoms. The molecule has 1 aliphatic rings. The van der Waals surface area contributed by atoms with Gasteiger partial charge in [0, 0.05) is 0 Å². The molecule has 0 aliphatic heterocycles. The molecule has 0 saturated heterocycles. The zero-order valence-electron chi connectivity index (χ0n) is 11.6. The Hall–Kier alpha value is -1.45. The molecule has 104 valence electrons. The molecule has 2 rings (SSSR count). The van der Waals surface area contributed by atoms with Crippen molar-refractivity contribution in [1.29, 1.82) is 0 Å². The van der Waals surface area contributed by atoms with E-state index in [1.807, 2.05) is 27.7 Å². The van der Waals surface area contributed by atoms with Crippen LogP contribution in [0.4, 0.5) is 8.78 Å². The topological polar surface area (TPSA) is 26.3 Å². The molecule has 1 aromatic rings. The number of ether oxygens (including phenoxy) is 1. The Morgan fingerprint density at radius 1 is 1.16 bits per heavy atom. The summed E-state index contributed by atoms with van der Waals surface area (Å²) in [6.45, 7) is 7.59. The fraction of sp³-hybridized carbons (Fsp3) is 0.533. The van der Waals surface area contributed by atoms with Crippen molar-refractivity contribution in [1.82, 2.24) is 0 Å². The maximum Gasteiger partial charge on any atom is 0.310 e. The highest BCUT2D eigenvalue weighted by atomic mass is 19.1. The van der Waals surface area contributed by atoms with E-state index in [0.717, 1.165) is 12.1 Å². The largest absolute Gasteiger partial charge is 0.460 e. The first-order valence-corrected chi connectivity index (χ1v) is 6.29. The first-order chi connectivity index (χ1) is 8.69. The standard InChI is InChI=1S/C15H18F2O2/c1-14(2)12(15(14,3)4)13(18)19-8-9-10(16)6-5-7-11(9)17/h5-7,12H,8H2,1-4H3. The van der Waals surface area contributed by atoms with Gasteiger partial charge in [-0.3, -0.25) is 4.79 Å². The van der Waals surface area contributed by atoms with Gasteiger partial charge in [-0.1, -0.05) is 33.8 Å². The van der Waals surface area contributed by atoms with Gasteiger partial charge in [-0.25, -0.2) is 8.78 Å². The van der Waals surface area contributed by atoms with Gasteiger partial charge in [0.2, 0.25) is 0 Å². The van der Waals surface area contributed by atoms with Crippen LogP contribution in [0.1, 0.15) is 33.3 Å². The van der Waals surface area contributed by atoms with E-state index < -0.39 is 17.6 Å². The molecule has 19 heavy (non-hydrogen) atoms. The Morgan fingerprint density at radius 2 is 1.63 bits per heavy atom. The third kappa shape index (κ3) is 2.13. The number of benzene rings is 1. The summed E-state index contributed by atoms with van der Waals surface area (Å²) in [4.78, 5) is 12.0. The highest BCUT2D eigenvalue weighted by molar-refractivity contribution is 5.78. The van der Waals surface area contributed by atoms with Crippen molar-refractivity contribution < 1.29 is 18.3 Å². The van der Waals surface area contributed by atoms with E-state index in [9.17, 15) is 13.6 Å². The van der Waals surface area contributed by atoms with Gasteiger partial charge in [0.25, 0.3) is 0 Å². The van der Waals surface area contributed by atoms with E-state index in [1.54, 1.807) is 0 Å². The maximum atomic E-state index is 13.4. The SMILES string of the molecule is CC1(C)C(C(=O)OCc2c(F)cccc2F)C1(C)C. The molecule has 0 N–H and O–H groups in total. The lowest BCUT2D eigenvalue weighted by atomic mass is 10.0. The molecular weight excluding hydrogens is 250 g/mol. The van der Waals surface area contributed by atoms with Crippen LogP contribution >= 0.6 is 0 Å². The van der Waals surface area contributed by atoms with Gasteiger partial charge in [0.05, 0.1) is 11.5 Å². The summed E-state index contributed by atoms with van der Waals surface area (Å²) < 4.78 is 31.8. The second-order valence-electron chi connectivity index (χ2n) is 6.18. The summed E-state index contributed by atoms with van der Waals surface area (Å²) >= 11 is 0. The smallest absolute Gasteiger partial charge is 0.310 e. The molecule has 0 atom stereocenters. The number of carbonyl (C=O) groups is 1. The Morgan fingerprint density at radius 3 is 2.05 bits per heavy atom. The van der Waals surface area contributed by atoms with E-state index in [1.165, 1.54) is 6.07 Å². The molecule has 2 nitrogen and oxygen atoms in total. The number of hydrogen-bond acceptors (Lipinski definition) is 2. The van der Waals surface area contributed by atoms with E-state index in [0.29, 0.717) is 0 Å². The zero-order chi connectivity index (χ0) is 14.4. The van der Waals surface area contributed by atoms with Crippen molar-refractivity contribution in [2.75, 3.05) is 0 Å². The fourth-order valence-electron chi connectivity index (χ4n) is 2.68. The molecule has 0 radical (unpaired) electrons. The second kappa shape index (κ2) is 4.29. The average Bonchev–Trinajstić information content (AvgIpc) is 2.68. The Bertz CT molecular complexity index is 487. The van der Waals surface area contributed by atoms with Crippen LogP contribution in [0.15, 0.2) is 18.2 Å². The molecule has 0 heterocycles. The monoisotopic (exact) mass is 268 g/mol. The van der Waals surface area contributed by atoms with Crippen LogP contribution < -0.4 is 0 Å². The van der Waals surface area contributed by atoms with Crippen LogP contribution in [-0.4, -0.2) is 5.97 Å². The third-order valence-corrected chi connectivity index (χ3v) is 4.68. The molecular formula is C15H18F2O2. The minimum Gasteiger partial charge on any atom is -0.460 e. The third-order valence-electron chi connectivity index (χ3n) is 4.68. The molecule has 0 amide bonds. The molecule has 0 bridgehead atoms. The van der Waals surface area contributed by atoms with Crippen molar-refractivity contribution in [2.24, 2.45) is 16.7 Å². The number of halogens is 2. The molecule has 0 aromatic heterocycles. The van der Waals surface area contributed by atoms with Crippen molar-refractivity contribution in [3.8, 4) is 0 Å². The lowest BCUT2D eigenvalue weighted by Gasteiger charge is -2.07. The number of rotatable bonds is 3. The van der Waals surface area contributed by atoms with Gasteiger partial charge in [-0.2, -0.15) is 0 Å². The number of esters is 1. The summed E-state index contributed by atoms with van der Waals surface area (Å²) in [5.41, 5.74) is -0.484. The van der Waals surface area contributed by atoms with Crippen LogP contribution in [0.2, 0.25) is 0 Å². The normalized spacial score (nSPS) is 20.1. The van der Waals surface area contributed by atoms with Gasteiger partial charge < -0.3 is 4.74 Å². The number of hydrogen-bond donors (Lipinski definition) is 0. The van der Waals surface area contributed by atoms with Gasteiger partial charge in [0.1, 0.15) is 18.2 Å². The second-order valence-corrected chi connectivity index (χ2v) is 6.18. The lowest BCUT2D eigenvalue weighted by Crippen LogP contribution is -2.12. The van der Waals surface area contributed by atoms with Crippen LogP contribution in [0, 0.1) is 28.4 Å². The highest BCUT2D eigenvalue weighted by Gasteiger charge is 2.69. The Balaban J connectivity index is 2.03. The van der Waals surface area contributed by atoms with Crippen LogP contribution in [0.5, 0.6) is 0 Å². The fourth-order valence-corrected chi connectivity index (χ4v) is 2.68. The summed E-state index contributed by atoms with van der Waals surface area (Å²) in [7, 11) is 0. The Labute approximate surface area is 111 Å². The molecule has 1 aliphatic carbocycles. The molecule has 0 spiro atoms. The minimum atomic E-state index is -0.692. The zero-order valence-corrected chi connectivity index (χ0v) is 11.6. The van der Waals surface area contributed by atoms with Gasteiger partial charge >= 0.3 is 5.97 Å². The molecule has 0 unspecified atom stereocenters. The van der Waals surface area contributed by atoms with Crippen LogP contribution in [0.25, 0.3) is 0 Å². The van der Waals surface area contributed by atoms with Crippen molar-refractivity contribution >= 4 is 5.97 Å². The number of carbonyl (C=O) groups excluding carboxylic acids is 1. The first-order valence-electron chi connectivity index (χ1n) is 6.29. The molecule has 1 saturated carbocycles. The lowest BCUT2D eigenvalue weighted by molar-refractivity contribution is -0.148. The highest BCUT2D eigenvalue weighted by Crippen LogP contribution is 2.68. The maximum absolute atomic E-state index is 13.4. The van der Waals surface area contributed by atoms with E-state index >= 15 is 0 Å². The van der Waals surface area contributed by atoms with Gasteiger partial charge in [-0.05, 0) is 23.0 Å². The minimum absolute atomic E-state index is 0.141. The summed E-state index contributed by atoms with van der Waals surface area (Å²) in [6.07, 6.45) is 0. The average molecular weight is 268 g/mol. The van der Waals surface area contributed by atoms with Crippen molar-refractivity contribution in [3.63, 3.8) is 0 Å². The quantitative estimate of drug-likeness (QED) is 0.781. The van der Waals surface area contributed by atoms with Crippen molar-refractivity contribution in [2.45, 2.75) is 34.3 Å². The van der Waals surface area contributed by atoms with Gasteiger partial charge in [-0.15, -0.1) is 0 Å². The van der Waals surface area contributed by atoms with Crippen LogP contribution in [-0.2, 0) is 16.1 Å². The van der Waals surface area contributed by atoms with Crippen molar-refractivity contribution in [3.05, 3.63) is 35.4 Å². The van der Waals surface area contributed by atoms with E-state index in [-0.39, 0.29) is 28.9 Å². The predicted molar refractivity (Wildman–Crippen MR) is 67.2 cm³/mol. The Kier molecular flexibility index (Phi) is 3.15. The van der Waals surface area contributed by atoms with E-state index in [2.05, 4.69) is 0 Å². The van der Waals surface area contributed by atoms with Gasteiger partial charge in [0.15, 0.2) is 0 Å². The van der Waals surface area contributed by atoms with E-state index in [4.69, 9.17) is 4.74 Å². The molecule has 1 fully saturated rings.